The minimum atomic E-state index is -3.88. The summed E-state index contributed by atoms with van der Waals surface area (Å²) in [6.07, 6.45) is 4.70. The monoisotopic (exact) mass is 334 g/mol. The van der Waals surface area contributed by atoms with Gasteiger partial charge in [0.05, 0.1) is 11.4 Å². The molecular formula is C16H20N3O3S+. The second-order valence-corrected chi connectivity index (χ2v) is 6.62. The van der Waals surface area contributed by atoms with Gasteiger partial charge >= 0.3 is 0 Å². The molecule has 2 rings (SSSR count). The topological polar surface area (TPSA) is 82.6 Å². The van der Waals surface area contributed by atoms with Gasteiger partial charge in [0.2, 0.25) is 5.69 Å². The van der Waals surface area contributed by atoms with Crippen LogP contribution in [0.4, 0.5) is 5.69 Å². The van der Waals surface area contributed by atoms with Crippen LogP contribution in [0.3, 0.4) is 0 Å². The highest BCUT2D eigenvalue weighted by atomic mass is 32.2. The molecule has 0 amide bonds. The fourth-order valence-electron chi connectivity index (χ4n) is 2.06. The molecule has 1 heterocycles. The molecule has 1 aromatic carbocycles. The van der Waals surface area contributed by atoms with Crippen molar-refractivity contribution in [3.05, 3.63) is 60.4 Å². The molecule has 0 unspecified atom stereocenters. The Morgan fingerprint density at radius 1 is 1.09 bits per heavy atom. The molecule has 0 atom stereocenters. The molecule has 0 spiro atoms. The van der Waals surface area contributed by atoms with E-state index in [0.29, 0.717) is 19.4 Å². The smallest absolute Gasteiger partial charge is 0.264 e. The third kappa shape index (κ3) is 6.58. The Hall–Kier alpha value is -2.25. The van der Waals surface area contributed by atoms with Crippen molar-refractivity contribution < 1.29 is 17.5 Å². The van der Waals surface area contributed by atoms with Crippen molar-refractivity contribution >= 4 is 22.0 Å². The minimum Gasteiger partial charge on any atom is -0.286 e. The maximum atomic E-state index is 10.7. The van der Waals surface area contributed by atoms with E-state index in [1.165, 1.54) is 0 Å². The SMILES string of the molecule is O=S(=O)(O)CCCC[n+]1ccccc1C=NNc1ccccc1. The zero-order chi connectivity index (χ0) is 16.5. The number of rotatable bonds is 8. The van der Waals surface area contributed by atoms with E-state index >= 15 is 0 Å². The van der Waals surface area contributed by atoms with E-state index in [0.717, 1.165) is 11.4 Å². The van der Waals surface area contributed by atoms with Gasteiger partial charge in [-0.2, -0.15) is 18.1 Å². The highest BCUT2D eigenvalue weighted by Crippen LogP contribution is 2.04. The van der Waals surface area contributed by atoms with E-state index in [-0.39, 0.29) is 5.75 Å². The number of aromatic nitrogens is 1. The van der Waals surface area contributed by atoms with Crippen LogP contribution in [0.15, 0.2) is 59.8 Å². The Balaban J connectivity index is 1.92. The van der Waals surface area contributed by atoms with Gasteiger partial charge < -0.3 is 0 Å². The van der Waals surface area contributed by atoms with E-state index in [1.54, 1.807) is 6.21 Å². The molecule has 6 nitrogen and oxygen atoms in total. The molecule has 1 aromatic heterocycles. The number of pyridine rings is 1. The summed E-state index contributed by atoms with van der Waals surface area (Å²) in [5.41, 5.74) is 4.76. The number of unbranched alkanes of at least 4 members (excludes halogenated alkanes) is 1. The molecule has 0 fully saturated rings. The van der Waals surface area contributed by atoms with Gasteiger partial charge in [-0.1, -0.05) is 18.2 Å². The van der Waals surface area contributed by atoms with Crippen molar-refractivity contribution in [3.8, 4) is 0 Å². The molecule has 2 aromatic rings. The Kier molecular flexibility index (Phi) is 6.25. The third-order valence-electron chi connectivity index (χ3n) is 3.19. The molecule has 2 N–H and O–H groups in total. The second kappa shape index (κ2) is 8.40. The van der Waals surface area contributed by atoms with Crippen molar-refractivity contribution in [3.63, 3.8) is 0 Å². The van der Waals surface area contributed by atoms with Crippen LogP contribution in [0, 0.1) is 0 Å². The zero-order valence-corrected chi connectivity index (χ0v) is 13.5. The van der Waals surface area contributed by atoms with Crippen LogP contribution in [-0.4, -0.2) is 24.9 Å². The van der Waals surface area contributed by atoms with Crippen LogP contribution >= 0.6 is 0 Å². The van der Waals surface area contributed by atoms with Gasteiger partial charge in [-0.25, -0.2) is 0 Å². The number of hydrogen-bond acceptors (Lipinski definition) is 4. The molecule has 0 aliphatic heterocycles. The minimum absolute atomic E-state index is 0.209. The van der Waals surface area contributed by atoms with E-state index < -0.39 is 10.1 Å². The number of hydrogen-bond donors (Lipinski definition) is 2. The van der Waals surface area contributed by atoms with E-state index in [9.17, 15) is 8.42 Å². The van der Waals surface area contributed by atoms with Crippen molar-refractivity contribution in [1.82, 2.24) is 0 Å². The predicted molar refractivity (Wildman–Crippen MR) is 89.9 cm³/mol. The van der Waals surface area contributed by atoms with Crippen LogP contribution < -0.4 is 9.99 Å². The fraction of sp³-hybridized carbons (Fsp3) is 0.250. The summed E-state index contributed by atoms with van der Waals surface area (Å²) in [5.74, 6) is -0.209. The quantitative estimate of drug-likeness (QED) is 0.255. The van der Waals surface area contributed by atoms with E-state index in [1.807, 2.05) is 59.3 Å². The van der Waals surface area contributed by atoms with Crippen LogP contribution in [0.1, 0.15) is 18.5 Å². The first-order chi connectivity index (χ1) is 11.0. The highest BCUT2D eigenvalue weighted by molar-refractivity contribution is 7.85. The number of benzene rings is 1. The first-order valence-electron chi connectivity index (χ1n) is 7.32. The molecule has 23 heavy (non-hydrogen) atoms. The third-order valence-corrected chi connectivity index (χ3v) is 4.00. The van der Waals surface area contributed by atoms with E-state index in [4.69, 9.17) is 4.55 Å². The molecule has 122 valence electrons. The number of hydrazone groups is 1. The summed E-state index contributed by atoms with van der Waals surface area (Å²) >= 11 is 0. The van der Waals surface area contributed by atoms with Crippen LogP contribution in [-0.2, 0) is 16.7 Å². The van der Waals surface area contributed by atoms with Crippen molar-refractivity contribution in [2.45, 2.75) is 19.4 Å². The molecule has 0 radical (unpaired) electrons. The summed E-state index contributed by atoms with van der Waals surface area (Å²) in [7, 11) is -3.88. The number of aryl methyl sites for hydroxylation is 1. The lowest BCUT2D eigenvalue weighted by molar-refractivity contribution is -0.698. The van der Waals surface area contributed by atoms with Crippen LogP contribution in [0.2, 0.25) is 0 Å². The lowest BCUT2D eigenvalue weighted by atomic mass is 10.3. The first kappa shape index (κ1) is 17.1. The Morgan fingerprint density at radius 3 is 2.57 bits per heavy atom. The molecular weight excluding hydrogens is 314 g/mol. The molecule has 0 aliphatic carbocycles. The summed E-state index contributed by atoms with van der Waals surface area (Å²) in [5, 5.41) is 4.21. The summed E-state index contributed by atoms with van der Waals surface area (Å²) in [4.78, 5) is 0. The van der Waals surface area contributed by atoms with Crippen molar-refractivity contribution in [2.75, 3.05) is 11.2 Å². The van der Waals surface area contributed by atoms with Gasteiger partial charge in [-0.05, 0) is 24.6 Å². The molecule has 7 heteroatoms. The Labute approximate surface area is 136 Å². The number of para-hydroxylation sites is 1. The second-order valence-electron chi connectivity index (χ2n) is 5.05. The average Bonchev–Trinajstić information content (AvgIpc) is 2.53. The Bertz CT molecular complexity index is 746. The van der Waals surface area contributed by atoms with Gasteiger partial charge in [0.1, 0.15) is 12.8 Å². The number of nitrogens with zero attached hydrogens (tertiary/aromatic N) is 2. The van der Waals surface area contributed by atoms with Gasteiger partial charge in [0.15, 0.2) is 6.20 Å². The summed E-state index contributed by atoms with van der Waals surface area (Å²) in [6, 6.07) is 15.4. The standard InChI is InChI=1S/C16H19N3O3S/c20-23(21,22)13-7-6-12-19-11-5-4-10-16(19)14-17-18-15-8-2-1-3-9-15/h1-5,8-11,14H,6-7,12-13H2,(H,20,21,22)/p+1. The zero-order valence-electron chi connectivity index (χ0n) is 12.7. The van der Waals surface area contributed by atoms with E-state index in [2.05, 4.69) is 10.5 Å². The predicted octanol–water partition coefficient (Wildman–Crippen LogP) is 2.09. The number of anilines is 1. The normalized spacial score (nSPS) is 11.7. The maximum absolute atomic E-state index is 10.7. The van der Waals surface area contributed by atoms with Crippen LogP contribution in [0.5, 0.6) is 0 Å². The lowest BCUT2D eigenvalue weighted by Crippen LogP contribution is -2.38. The van der Waals surface area contributed by atoms with Gasteiger partial charge in [-0.3, -0.25) is 9.98 Å². The van der Waals surface area contributed by atoms with Gasteiger partial charge in [0.25, 0.3) is 10.1 Å². The highest BCUT2D eigenvalue weighted by Gasteiger charge is 2.09. The average molecular weight is 334 g/mol. The molecule has 0 saturated heterocycles. The fourth-order valence-corrected chi connectivity index (χ4v) is 2.63. The summed E-state index contributed by atoms with van der Waals surface area (Å²) < 4.78 is 32.1. The Morgan fingerprint density at radius 2 is 1.83 bits per heavy atom. The molecule has 0 aliphatic rings. The van der Waals surface area contributed by atoms with Crippen molar-refractivity contribution in [1.29, 1.82) is 0 Å². The van der Waals surface area contributed by atoms with Gasteiger partial charge in [0, 0.05) is 18.6 Å². The van der Waals surface area contributed by atoms with Crippen molar-refractivity contribution in [2.24, 2.45) is 5.10 Å². The first-order valence-corrected chi connectivity index (χ1v) is 8.93. The van der Waals surface area contributed by atoms with Crippen LogP contribution in [0.25, 0.3) is 0 Å². The molecule has 0 bridgehead atoms. The number of nitrogens with one attached hydrogen (secondary N) is 1. The summed E-state index contributed by atoms with van der Waals surface area (Å²) in [6.45, 7) is 0.656. The lowest BCUT2D eigenvalue weighted by Gasteiger charge is -2.01. The molecule has 0 saturated carbocycles. The van der Waals surface area contributed by atoms with Gasteiger partial charge in [-0.15, -0.1) is 0 Å². The largest absolute Gasteiger partial charge is 0.286 e. The maximum Gasteiger partial charge on any atom is 0.264 e.